The molecule has 2 aromatic carbocycles. The highest BCUT2D eigenvalue weighted by molar-refractivity contribution is 5.92. The number of para-hydroxylation sites is 1. The molecule has 3 aromatic heterocycles. The largest absolute Gasteiger partial charge is 0.493 e. The number of hydrogen-bond acceptors (Lipinski definition) is 6. The van der Waals surface area contributed by atoms with Gasteiger partial charge in [-0.25, -0.2) is 9.97 Å². The van der Waals surface area contributed by atoms with Crippen LogP contribution in [-0.4, -0.2) is 45.9 Å². The van der Waals surface area contributed by atoms with Gasteiger partial charge in [0.25, 0.3) is 0 Å². The molecule has 0 radical (unpaired) electrons. The summed E-state index contributed by atoms with van der Waals surface area (Å²) in [5.41, 5.74) is 3.38. The molecule has 0 atom stereocenters. The normalized spacial score (nSPS) is 11.2. The van der Waals surface area contributed by atoms with E-state index in [-0.39, 0.29) is 0 Å². The van der Waals surface area contributed by atoms with Crippen LogP contribution in [0.5, 0.6) is 17.2 Å². The third-order valence-electron chi connectivity index (χ3n) is 5.00. The Morgan fingerprint density at radius 2 is 1.73 bits per heavy atom. The van der Waals surface area contributed by atoms with Gasteiger partial charge in [0.2, 0.25) is 5.75 Å². The molecule has 1 N–H and O–H groups in total. The Balaban J connectivity index is 1.71. The molecule has 30 heavy (non-hydrogen) atoms. The first kappa shape index (κ1) is 18.0. The summed E-state index contributed by atoms with van der Waals surface area (Å²) in [6, 6.07) is 13.6. The number of benzene rings is 2. The van der Waals surface area contributed by atoms with E-state index in [0.717, 1.165) is 22.0 Å². The lowest BCUT2D eigenvalue weighted by atomic mass is 10.1. The maximum atomic E-state index is 5.48. The smallest absolute Gasteiger partial charge is 0.203 e. The molecule has 0 bridgehead atoms. The summed E-state index contributed by atoms with van der Waals surface area (Å²) in [6.45, 7) is 0. The zero-order chi connectivity index (χ0) is 20.7. The lowest BCUT2D eigenvalue weighted by Gasteiger charge is -2.14. The zero-order valence-electron chi connectivity index (χ0n) is 16.7. The summed E-state index contributed by atoms with van der Waals surface area (Å²) in [4.78, 5) is 12.5. The molecular weight excluding hydrogens is 382 g/mol. The fourth-order valence-corrected chi connectivity index (χ4v) is 3.61. The highest BCUT2D eigenvalue weighted by Crippen LogP contribution is 2.40. The van der Waals surface area contributed by atoms with Crippen LogP contribution in [0.2, 0.25) is 0 Å². The summed E-state index contributed by atoms with van der Waals surface area (Å²) in [6.07, 6.45) is 3.62. The van der Waals surface area contributed by atoms with Crippen LogP contribution in [0.1, 0.15) is 0 Å². The van der Waals surface area contributed by atoms with Crippen LogP contribution in [0, 0.1) is 0 Å². The number of methoxy groups -OCH3 is 3. The average molecular weight is 401 g/mol. The van der Waals surface area contributed by atoms with Crippen LogP contribution in [0.4, 0.5) is 0 Å². The Bertz CT molecular complexity index is 1350. The van der Waals surface area contributed by atoms with Crippen molar-refractivity contribution >= 4 is 16.6 Å². The Kier molecular flexibility index (Phi) is 4.24. The number of nitrogens with one attached hydrogen (secondary N) is 1. The van der Waals surface area contributed by atoms with E-state index in [2.05, 4.69) is 9.97 Å². The second kappa shape index (κ2) is 7.07. The molecule has 8 heteroatoms. The number of aromatic nitrogens is 5. The van der Waals surface area contributed by atoms with E-state index in [9.17, 15) is 0 Å². The molecule has 0 fully saturated rings. The molecule has 3 heterocycles. The highest BCUT2D eigenvalue weighted by atomic mass is 16.5. The summed E-state index contributed by atoms with van der Waals surface area (Å²) in [7, 11) is 4.74. The maximum Gasteiger partial charge on any atom is 0.203 e. The van der Waals surface area contributed by atoms with E-state index in [1.54, 1.807) is 32.0 Å². The Hall–Kier alpha value is -4.07. The summed E-state index contributed by atoms with van der Waals surface area (Å²) < 4.78 is 18.1. The lowest BCUT2D eigenvalue weighted by molar-refractivity contribution is 0.324. The quantitative estimate of drug-likeness (QED) is 0.480. The fourth-order valence-electron chi connectivity index (χ4n) is 3.61. The van der Waals surface area contributed by atoms with E-state index >= 15 is 0 Å². The van der Waals surface area contributed by atoms with Crippen molar-refractivity contribution in [1.29, 1.82) is 0 Å². The van der Waals surface area contributed by atoms with Crippen LogP contribution >= 0.6 is 0 Å². The third kappa shape index (κ3) is 2.73. The molecule has 0 saturated carbocycles. The number of aromatic amines is 1. The molecule has 150 valence electrons. The van der Waals surface area contributed by atoms with Crippen molar-refractivity contribution in [3.05, 3.63) is 54.9 Å². The number of rotatable bonds is 5. The van der Waals surface area contributed by atoms with Crippen molar-refractivity contribution in [2.75, 3.05) is 21.3 Å². The molecule has 0 amide bonds. The van der Waals surface area contributed by atoms with E-state index in [0.29, 0.717) is 34.5 Å². The number of hydrogen-bond donors (Lipinski definition) is 1. The van der Waals surface area contributed by atoms with Gasteiger partial charge in [-0.15, -0.1) is 5.10 Å². The van der Waals surface area contributed by atoms with Crippen LogP contribution in [-0.2, 0) is 0 Å². The van der Waals surface area contributed by atoms with Crippen molar-refractivity contribution in [3.63, 3.8) is 0 Å². The second-order valence-electron chi connectivity index (χ2n) is 6.64. The summed E-state index contributed by atoms with van der Waals surface area (Å²) in [5.74, 6) is 2.84. The Morgan fingerprint density at radius 3 is 2.47 bits per heavy atom. The molecule has 0 aliphatic heterocycles. The predicted octanol–water partition coefficient (Wildman–Crippen LogP) is 3.97. The fraction of sp³-hybridized carbons (Fsp3) is 0.136. The van der Waals surface area contributed by atoms with Gasteiger partial charge in [0, 0.05) is 35.0 Å². The number of H-pyrrole nitrogens is 1. The molecule has 5 rings (SSSR count). The molecule has 0 spiro atoms. The lowest BCUT2D eigenvalue weighted by Crippen LogP contribution is -2.00. The maximum absolute atomic E-state index is 5.48. The standard InChI is InChI=1S/C22H19N5O3/c1-28-16-11-14(12-17(29-2)20(16)30-3)22-24-10-8-18-25-21(26-27(18)22)15-6-4-5-13-7-9-23-19(13)15/h4-12,23H,1-3H3. The number of ether oxygens (including phenoxy) is 3. The predicted molar refractivity (Wildman–Crippen MR) is 113 cm³/mol. The minimum Gasteiger partial charge on any atom is -0.493 e. The van der Waals surface area contributed by atoms with Crippen LogP contribution in [0.25, 0.3) is 39.3 Å². The van der Waals surface area contributed by atoms with Gasteiger partial charge < -0.3 is 19.2 Å². The first-order chi connectivity index (χ1) is 14.7. The van der Waals surface area contributed by atoms with Crippen molar-refractivity contribution in [3.8, 4) is 40.0 Å². The van der Waals surface area contributed by atoms with Gasteiger partial charge in [-0.2, -0.15) is 4.52 Å². The van der Waals surface area contributed by atoms with Crippen LogP contribution in [0.3, 0.4) is 0 Å². The molecule has 0 saturated heterocycles. The first-order valence-corrected chi connectivity index (χ1v) is 9.32. The minimum absolute atomic E-state index is 0.522. The van der Waals surface area contributed by atoms with Crippen molar-refractivity contribution in [1.82, 2.24) is 24.6 Å². The SMILES string of the molecule is COc1cc(-c2nccc3nc(-c4cccc5cc[nH]c45)nn23)cc(OC)c1OC. The van der Waals surface area contributed by atoms with Gasteiger partial charge >= 0.3 is 0 Å². The number of fused-ring (bicyclic) bond motifs is 2. The van der Waals surface area contributed by atoms with Gasteiger partial charge in [0.1, 0.15) is 0 Å². The van der Waals surface area contributed by atoms with Gasteiger partial charge in [-0.1, -0.05) is 12.1 Å². The highest BCUT2D eigenvalue weighted by Gasteiger charge is 2.18. The number of nitrogens with zero attached hydrogens (tertiary/aromatic N) is 4. The van der Waals surface area contributed by atoms with Crippen molar-refractivity contribution in [2.24, 2.45) is 0 Å². The van der Waals surface area contributed by atoms with Gasteiger partial charge in [0.05, 0.1) is 26.8 Å². The van der Waals surface area contributed by atoms with Gasteiger partial charge in [0.15, 0.2) is 28.8 Å². The van der Waals surface area contributed by atoms with E-state index < -0.39 is 0 Å². The molecular formula is C22H19N5O3. The van der Waals surface area contributed by atoms with Crippen molar-refractivity contribution < 1.29 is 14.2 Å². The third-order valence-corrected chi connectivity index (χ3v) is 5.00. The van der Waals surface area contributed by atoms with E-state index in [1.807, 2.05) is 48.7 Å². The summed E-state index contributed by atoms with van der Waals surface area (Å²) in [5, 5.41) is 5.86. The Morgan fingerprint density at radius 1 is 0.933 bits per heavy atom. The van der Waals surface area contributed by atoms with Crippen molar-refractivity contribution in [2.45, 2.75) is 0 Å². The summed E-state index contributed by atoms with van der Waals surface area (Å²) >= 11 is 0. The van der Waals surface area contributed by atoms with Gasteiger partial charge in [-0.05, 0) is 24.3 Å². The van der Waals surface area contributed by atoms with Gasteiger partial charge in [-0.3, -0.25) is 0 Å². The molecule has 5 aromatic rings. The molecule has 0 unspecified atom stereocenters. The Labute approximate surface area is 172 Å². The average Bonchev–Trinajstić information content (AvgIpc) is 3.44. The molecule has 0 aliphatic carbocycles. The van der Waals surface area contributed by atoms with Crippen LogP contribution in [0.15, 0.2) is 54.9 Å². The first-order valence-electron chi connectivity index (χ1n) is 9.32. The zero-order valence-corrected chi connectivity index (χ0v) is 16.7. The second-order valence-corrected chi connectivity index (χ2v) is 6.64. The monoisotopic (exact) mass is 401 g/mol. The van der Waals surface area contributed by atoms with Crippen LogP contribution < -0.4 is 14.2 Å². The van der Waals surface area contributed by atoms with E-state index in [1.165, 1.54) is 0 Å². The molecule has 0 aliphatic rings. The minimum atomic E-state index is 0.522. The molecule has 8 nitrogen and oxygen atoms in total. The van der Waals surface area contributed by atoms with E-state index in [4.69, 9.17) is 24.3 Å². The topological polar surface area (TPSA) is 86.6 Å².